The van der Waals surface area contributed by atoms with E-state index >= 15 is 0 Å². The quantitative estimate of drug-likeness (QED) is 0.793. The van der Waals surface area contributed by atoms with Crippen LogP contribution in [0.2, 0.25) is 0 Å². The Morgan fingerprint density at radius 2 is 2.04 bits per heavy atom. The predicted molar refractivity (Wildman–Crippen MR) is 98.4 cm³/mol. The second kappa shape index (κ2) is 9.42. The topological polar surface area (TPSA) is 84.7 Å². The molecule has 2 rings (SSSR count). The Hall–Kier alpha value is -2.08. The normalized spacial score (nSPS) is 20.0. The Morgan fingerprint density at radius 1 is 1.28 bits per heavy atom. The number of anilines is 1. The molecule has 0 heterocycles. The summed E-state index contributed by atoms with van der Waals surface area (Å²) in [4.78, 5) is 26.1. The number of rotatable bonds is 7. The average Bonchev–Trinajstić information content (AvgIpc) is 2.61. The number of nitrogens with two attached hydrogens (primary N) is 1. The molecule has 6 heteroatoms. The molecule has 2 atom stereocenters. The van der Waals surface area contributed by atoms with Gasteiger partial charge in [0.1, 0.15) is 5.75 Å². The fourth-order valence-electron chi connectivity index (χ4n) is 3.19. The number of nitrogens with zero attached hydrogens (tertiary/aromatic N) is 1. The fourth-order valence-corrected chi connectivity index (χ4v) is 3.19. The molecule has 1 aromatic rings. The Kier molecular flexibility index (Phi) is 7.25. The summed E-state index contributed by atoms with van der Waals surface area (Å²) < 4.78 is 5.57. The fraction of sp³-hybridized carbons (Fsp3) is 0.579. The molecule has 2 unspecified atom stereocenters. The molecule has 1 aliphatic carbocycles. The van der Waals surface area contributed by atoms with E-state index in [1.165, 1.54) is 0 Å². The Bertz CT molecular complexity index is 587. The van der Waals surface area contributed by atoms with E-state index in [-0.39, 0.29) is 30.4 Å². The molecule has 1 saturated carbocycles. The van der Waals surface area contributed by atoms with Gasteiger partial charge in [0.2, 0.25) is 5.91 Å². The van der Waals surface area contributed by atoms with Gasteiger partial charge in [-0.25, -0.2) is 0 Å². The highest BCUT2D eigenvalue weighted by molar-refractivity contribution is 5.92. The van der Waals surface area contributed by atoms with Crippen LogP contribution in [0.3, 0.4) is 0 Å². The van der Waals surface area contributed by atoms with Crippen LogP contribution in [-0.2, 0) is 9.59 Å². The minimum atomic E-state index is -0.0457. The van der Waals surface area contributed by atoms with Crippen LogP contribution < -0.4 is 15.8 Å². The first-order chi connectivity index (χ1) is 12.0. The molecule has 0 bridgehead atoms. The first-order valence-electron chi connectivity index (χ1n) is 9.10. The lowest BCUT2D eigenvalue weighted by Gasteiger charge is -2.25. The maximum Gasteiger partial charge on any atom is 0.260 e. The lowest BCUT2D eigenvalue weighted by atomic mass is 9.85. The van der Waals surface area contributed by atoms with Gasteiger partial charge in [-0.05, 0) is 45.2 Å². The van der Waals surface area contributed by atoms with Gasteiger partial charge in [0.05, 0.1) is 0 Å². The van der Waals surface area contributed by atoms with Crippen LogP contribution >= 0.6 is 0 Å². The number of ether oxygens (including phenoxy) is 1. The number of hydrogen-bond acceptors (Lipinski definition) is 4. The van der Waals surface area contributed by atoms with E-state index in [0.717, 1.165) is 25.7 Å². The van der Waals surface area contributed by atoms with Crippen LogP contribution in [0.1, 0.15) is 39.5 Å². The molecule has 2 amide bonds. The number of carbonyl (C=O) groups is 2. The number of likely N-dealkylation sites (N-methyl/N-ethyl adjacent to an activating group) is 1. The van der Waals surface area contributed by atoms with Crippen molar-refractivity contribution in [3.05, 3.63) is 24.3 Å². The number of benzene rings is 1. The van der Waals surface area contributed by atoms with Crippen molar-refractivity contribution in [3.8, 4) is 5.75 Å². The van der Waals surface area contributed by atoms with Gasteiger partial charge >= 0.3 is 0 Å². The van der Waals surface area contributed by atoms with Gasteiger partial charge < -0.3 is 20.7 Å². The van der Waals surface area contributed by atoms with E-state index in [9.17, 15) is 9.59 Å². The lowest BCUT2D eigenvalue weighted by molar-refractivity contribution is -0.133. The van der Waals surface area contributed by atoms with Gasteiger partial charge in [0.15, 0.2) is 6.61 Å². The van der Waals surface area contributed by atoms with Crippen molar-refractivity contribution in [3.63, 3.8) is 0 Å². The SMILES string of the molecule is CCN(CC)C(=O)COc1cccc(NC(=O)C2CCCC(N)C2)c1. The van der Waals surface area contributed by atoms with Crippen molar-refractivity contribution in [1.29, 1.82) is 0 Å². The lowest BCUT2D eigenvalue weighted by Crippen LogP contribution is -2.34. The average molecular weight is 347 g/mol. The first kappa shape index (κ1) is 19.2. The van der Waals surface area contributed by atoms with Crippen molar-refractivity contribution >= 4 is 17.5 Å². The summed E-state index contributed by atoms with van der Waals surface area (Å²) in [5, 5.41) is 2.94. The van der Waals surface area contributed by atoms with Crippen LogP contribution in [0.5, 0.6) is 5.75 Å². The highest BCUT2D eigenvalue weighted by Crippen LogP contribution is 2.25. The molecular weight excluding hydrogens is 318 g/mol. The number of amides is 2. The van der Waals surface area contributed by atoms with Crippen molar-refractivity contribution in [2.45, 2.75) is 45.6 Å². The van der Waals surface area contributed by atoms with E-state index in [2.05, 4.69) is 5.32 Å². The predicted octanol–water partition coefficient (Wildman–Crippen LogP) is 2.39. The molecule has 6 nitrogen and oxygen atoms in total. The van der Waals surface area contributed by atoms with Crippen molar-refractivity contribution in [2.24, 2.45) is 11.7 Å². The molecule has 1 fully saturated rings. The summed E-state index contributed by atoms with van der Waals surface area (Å²) in [6.07, 6.45) is 3.61. The van der Waals surface area contributed by atoms with Gasteiger partial charge in [-0.15, -0.1) is 0 Å². The van der Waals surface area contributed by atoms with Gasteiger partial charge in [-0.2, -0.15) is 0 Å². The standard InChI is InChI=1S/C19H29N3O3/c1-3-22(4-2)18(23)13-25-17-10-6-9-16(12-17)21-19(24)14-7-5-8-15(20)11-14/h6,9-10,12,14-15H,3-5,7-8,11,13,20H2,1-2H3,(H,21,24). The summed E-state index contributed by atoms with van der Waals surface area (Å²) in [7, 11) is 0. The van der Waals surface area contributed by atoms with Crippen LogP contribution in [0.4, 0.5) is 5.69 Å². The third kappa shape index (κ3) is 5.74. The number of carbonyl (C=O) groups excluding carboxylic acids is 2. The number of hydrogen-bond donors (Lipinski definition) is 2. The smallest absolute Gasteiger partial charge is 0.260 e. The van der Waals surface area contributed by atoms with Crippen LogP contribution in [0.15, 0.2) is 24.3 Å². The molecule has 1 aliphatic rings. The zero-order valence-electron chi connectivity index (χ0n) is 15.2. The maximum absolute atomic E-state index is 12.4. The van der Waals surface area contributed by atoms with Crippen molar-refractivity contribution < 1.29 is 14.3 Å². The summed E-state index contributed by atoms with van der Waals surface area (Å²) in [6, 6.07) is 7.27. The van der Waals surface area contributed by atoms with Crippen LogP contribution in [0, 0.1) is 5.92 Å². The van der Waals surface area contributed by atoms with Crippen LogP contribution in [0.25, 0.3) is 0 Å². The highest BCUT2D eigenvalue weighted by atomic mass is 16.5. The third-order valence-corrected chi connectivity index (χ3v) is 4.67. The first-order valence-corrected chi connectivity index (χ1v) is 9.10. The summed E-state index contributed by atoms with van der Waals surface area (Å²) >= 11 is 0. The third-order valence-electron chi connectivity index (χ3n) is 4.67. The Labute approximate surface area is 149 Å². The van der Waals surface area contributed by atoms with Crippen molar-refractivity contribution in [2.75, 3.05) is 25.0 Å². The molecule has 0 aliphatic heterocycles. The molecule has 138 valence electrons. The molecule has 0 aromatic heterocycles. The number of nitrogens with one attached hydrogen (secondary N) is 1. The van der Waals surface area contributed by atoms with Crippen LogP contribution in [-0.4, -0.2) is 42.5 Å². The van der Waals surface area contributed by atoms with Gasteiger partial charge in [0, 0.05) is 36.8 Å². The summed E-state index contributed by atoms with van der Waals surface area (Å²) in [6.45, 7) is 5.20. The largest absolute Gasteiger partial charge is 0.484 e. The van der Waals surface area contributed by atoms with E-state index < -0.39 is 0 Å². The maximum atomic E-state index is 12.4. The zero-order chi connectivity index (χ0) is 18.2. The van der Waals surface area contributed by atoms with Crippen molar-refractivity contribution in [1.82, 2.24) is 4.90 Å². The van der Waals surface area contributed by atoms with Gasteiger partial charge in [-0.3, -0.25) is 9.59 Å². The summed E-state index contributed by atoms with van der Waals surface area (Å²) in [5.74, 6) is 0.498. The zero-order valence-corrected chi connectivity index (χ0v) is 15.2. The van der Waals surface area contributed by atoms with E-state index in [0.29, 0.717) is 24.5 Å². The van der Waals surface area contributed by atoms with E-state index in [1.807, 2.05) is 19.9 Å². The molecule has 0 saturated heterocycles. The highest BCUT2D eigenvalue weighted by Gasteiger charge is 2.25. The molecular formula is C19H29N3O3. The second-order valence-electron chi connectivity index (χ2n) is 6.50. The van der Waals surface area contributed by atoms with E-state index in [1.54, 1.807) is 23.1 Å². The molecule has 0 spiro atoms. The Balaban J connectivity index is 1.90. The Morgan fingerprint density at radius 3 is 2.72 bits per heavy atom. The molecule has 0 radical (unpaired) electrons. The second-order valence-corrected chi connectivity index (χ2v) is 6.50. The van der Waals surface area contributed by atoms with E-state index in [4.69, 9.17) is 10.5 Å². The van der Waals surface area contributed by atoms with Gasteiger partial charge in [0.25, 0.3) is 5.91 Å². The minimum absolute atomic E-state index is 0.00341. The molecule has 25 heavy (non-hydrogen) atoms. The molecule has 3 N–H and O–H groups in total. The molecule has 1 aromatic carbocycles. The summed E-state index contributed by atoms with van der Waals surface area (Å²) in [5.41, 5.74) is 6.64. The monoisotopic (exact) mass is 347 g/mol. The van der Waals surface area contributed by atoms with Gasteiger partial charge in [-0.1, -0.05) is 12.5 Å². The minimum Gasteiger partial charge on any atom is -0.484 e.